The number of anilines is 1. The van der Waals surface area contributed by atoms with E-state index in [2.05, 4.69) is 15.6 Å². The molecule has 3 atom stereocenters. The third-order valence-electron chi connectivity index (χ3n) is 4.06. The highest BCUT2D eigenvalue weighted by Gasteiger charge is 2.42. The molecule has 0 bridgehead atoms. The highest BCUT2D eigenvalue weighted by molar-refractivity contribution is 5.95. The molecule has 0 aromatic carbocycles. The molecule has 1 amide bonds. The molecule has 1 aliphatic carbocycles. The van der Waals surface area contributed by atoms with Crippen LogP contribution in [0.5, 0.6) is 0 Å². The second-order valence-corrected chi connectivity index (χ2v) is 5.09. The quantitative estimate of drug-likeness (QED) is 0.836. The van der Waals surface area contributed by atoms with E-state index >= 15 is 0 Å². The minimum Gasteiger partial charge on any atom is -0.322 e. The van der Waals surface area contributed by atoms with Gasteiger partial charge in [-0.3, -0.25) is 9.78 Å². The zero-order chi connectivity index (χ0) is 12.5. The van der Waals surface area contributed by atoms with E-state index in [-0.39, 0.29) is 17.6 Å². The molecule has 4 nitrogen and oxygen atoms in total. The number of rotatable bonds is 2. The third kappa shape index (κ3) is 1.99. The van der Waals surface area contributed by atoms with Crippen LogP contribution in [0.2, 0.25) is 0 Å². The lowest BCUT2D eigenvalue weighted by molar-refractivity contribution is -0.118. The number of carbonyl (C=O) groups is 1. The van der Waals surface area contributed by atoms with E-state index in [1.165, 1.54) is 25.1 Å². The average molecular weight is 249 g/mol. The molecule has 2 fully saturated rings. The summed E-state index contributed by atoms with van der Waals surface area (Å²) in [6.07, 6.45) is 6.07. The molecule has 2 heterocycles. The number of halogens is 1. The molecular formula is C13H16FN3O. The van der Waals surface area contributed by atoms with E-state index in [0.717, 1.165) is 19.2 Å². The van der Waals surface area contributed by atoms with Crippen molar-refractivity contribution in [2.24, 2.45) is 11.8 Å². The van der Waals surface area contributed by atoms with Crippen molar-refractivity contribution < 1.29 is 9.18 Å². The fraction of sp³-hybridized carbons (Fsp3) is 0.538. The fourth-order valence-electron chi connectivity index (χ4n) is 3.16. The van der Waals surface area contributed by atoms with Crippen LogP contribution in [0.25, 0.3) is 0 Å². The summed E-state index contributed by atoms with van der Waals surface area (Å²) in [4.78, 5) is 15.8. The zero-order valence-corrected chi connectivity index (χ0v) is 10.0. The van der Waals surface area contributed by atoms with Crippen molar-refractivity contribution in [3.8, 4) is 0 Å². The summed E-state index contributed by atoms with van der Waals surface area (Å²) in [6, 6.07) is 1.30. The topological polar surface area (TPSA) is 54.0 Å². The van der Waals surface area contributed by atoms with Gasteiger partial charge in [-0.05, 0) is 37.3 Å². The molecule has 2 aliphatic rings. The molecule has 96 valence electrons. The van der Waals surface area contributed by atoms with Crippen molar-refractivity contribution in [2.75, 3.05) is 11.9 Å². The predicted molar refractivity (Wildman–Crippen MR) is 65.4 cm³/mol. The van der Waals surface area contributed by atoms with Crippen molar-refractivity contribution in [1.29, 1.82) is 0 Å². The lowest BCUT2D eigenvalue weighted by atomic mass is 9.93. The first-order chi connectivity index (χ1) is 8.75. The maximum Gasteiger partial charge on any atom is 0.241 e. The number of hydrogen-bond donors (Lipinski definition) is 2. The molecule has 2 N–H and O–H groups in total. The minimum absolute atomic E-state index is 0.130. The first-order valence-corrected chi connectivity index (χ1v) is 6.39. The third-order valence-corrected chi connectivity index (χ3v) is 4.06. The second kappa shape index (κ2) is 4.65. The number of aromatic nitrogens is 1. The molecule has 1 aliphatic heterocycles. The lowest BCUT2D eigenvalue weighted by Gasteiger charge is -2.17. The summed E-state index contributed by atoms with van der Waals surface area (Å²) < 4.78 is 13.4. The van der Waals surface area contributed by atoms with Crippen LogP contribution in [0, 0.1) is 17.7 Å². The van der Waals surface area contributed by atoms with Gasteiger partial charge in [0.05, 0.1) is 17.9 Å². The standard InChI is InChI=1S/C13H16FN3O/c14-10-7-15-5-4-11(10)17-13(18)12-9-3-1-2-8(9)6-16-12/h4-5,7-9,12,16H,1-3,6H2,(H,15,17,18). The molecule has 3 rings (SSSR count). The van der Waals surface area contributed by atoms with Gasteiger partial charge in [-0.2, -0.15) is 0 Å². The highest BCUT2D eigenvalue weighted by atomic mass is 19.1. The Bertz CT molecular complexity index is 465. The number of pyridine rings is 1. The average Bonchev–Trinajstić information content (AvgIpc) is 2.93. The van der Waals surface area contributed by atoms with Gasteiger partial charge < -0.3 is 10.6 Å². The lowest BCUT2D eigenvalue weighted by Crippen LogP contribution is -2.39. The van der Waals surface area contributed by atoms with E-state index in [0.29, 0.717) is 11.8 Å². The summed E-state index contributed by atoms with van der Waals surface area (Å²) in [6.45, 7) is 0.904. The van der Waals surface area contributed by atoms with Gasteiger partial charge in [-0.25, -0.2) is 4.39 Å². The van der Waals surface area contributed by atoms with Gasteiger partial charge >= 0.3 is 0 Å². The SMILES string of the molecule is O=C(Nc1ccncc1F)C1NCC2CCCC21. The van der Waals surface area contributed by atoms with Crippen molar-refractivity contribution in [1.82, 2.24) is 10.3 Å². The van der Waals surface area contributed by atoms with Gasteiger partial charge in [0.25, 0.3) is 0 Å². The van der Waals surface area contributed by atoms with Gasteiger partial charge in [-0.1, -0.05) is 6.42 Å². The number of carbonyl (C=O) groups excluding carboxylic acids is 1. The number of nitrogens with zero attached hydrogens (tertiary/aromatic N) is 1. The first kappa shape index (κ1) is 11.6. The van der Waals surface area contributed by atoms with E-state index < -0.39 is 5.82 Å². The van der Waals surface area contributed by atoms with Crippen LogP contribution >= 0.6 is 0 Å². The van der Waals surface area contributed by atoms with Gasteiger partial charge in [0, 0.05) is 6.20 Å². The monoisotopic (exact) mass is 249 g/mol. The van der Waals surface area contributed by atoms with Crippen LogP contribution in [-0.2, 0) is 4.79 Å². The summed E-state index contributed by atoms with van der Waals surface area (Å²) in [5.74, 6) is 0.402. The van der Waals surface area contributed by atoms with Crippen LogP contribution in [0.15, 0.2) is 18.5 Å². The Morgan fingerprint density at radius 3 is 3.22 bits per heavy atom. The normalized spacial score (nSPS) is 30.2. The van der Waals surface area contributed by atoms with Gasteiger partial charge in [0.1, 0.15) is 0 Å². The molecule has 18 heavy (non-hydrogen) atoms. The van der Waals surface area contributed by atoms with Gasteiger partial charge in [0.2, 0.25) is 5.91 Å². The van der Waals surface area contributed by atoms with Gasteiger partial charge in [-0.15, -0.1) is 0 Å². The molecule has 5 heteroatoms. The maximum atomic E-state index is 13.4. The fourth-order valence-corrected chi connectivity index (χ4v) is 3.16. The molecule has 1 aromatic rings. The van der Waals surface area contributed by atoms with E-state index in [9.17, 15) is 9.18 Å². The Hall–Kier alpha value is -1.49. The molecule has 1 saturated carbocycles. The summed E-state index contributed by atoms with van der Waals surface area (Å²) in [5, 5.41) is 5.90. The van der Waals surface area contributed by atoms with Crippen molar-refractivity contribution in [2.45, 2.75) is 25.3 Å². The number of amides is 1. The summed E-state index contributed by atoms with van der Waals surface area (Å²) in [5.41, 5.74) is 0.207. The molecular weight excluding hydrogens is 233 g/mol. The summed E-state index contributed by atoms with van der Waals surface area (Å²) in [7, 11) is 0. The van der Waals surface area contributed by atoms with E-state index in [1.54, 1.807) is 0 Å². The van der Waals surface area contributed by atoms with E-state index in [4.69, 9.17) is 0 Å². The number of fused-ring (bicyclic) bond motifs is 1. The second-order valence-electron chi connectivity index (χ2n) is 5.09. The largest absolute Gasteiger partial charge is 0.322 e. The summed E-state index contributed by atoms with van der Waals surface area (Å²) >= 11 is 0. The Morgan fingerprint density at radius 1 is 1.50 bits per heavy atom. The van der Waals surface area contributed by atoms with Crippen LogP contribution < -0.4 is 10.6 Å². The zero-order valence-electron chi connectivity index (χ0n) is 10.0. The number of nitrogens with one attached hydrogen (secondary N) is 2. The van der Waals surface area contributed by atoms with Crippen molar-refractivity contribution in [3.05, 3.63) is 24.3 Å². The highest BCUT2D eigenvalue weighted by Crippen LogP contribution is 2.37. The molecule has 3 unspecified atom stereocenters. The van der Waals surface area contributed by atoms with Crippen LogP contribution in [0.3, 0.4) is 0 Å². The Labute approximate surface area is 105 Å². The van der Waals surface area contributed by atoms with Crippen molar-refractivity contribution in [3.63, 3.8) is 0 Å². The number of hydrogen-bond acceptors (Lipinski definition) is 3. The molecule has 0 spiro atoms. The molecule has 1 aromatic heterocycles. The first-order valence-electron chi connectivity index (χ1n) is 6.39. The van der Waals surface area contributed by atoms with E-state index in [1.807, 2.05) is 0 Å². The molecule has 1 saturated heterocycles. The van der Waals surface area contributed by atoms with Gasteiger partial charge in [0.15, 0.2) is 5.82 Å². The smallest absolute Gasteiger partial charge is 0.241 e. The van der Waals surface area contributed by atoms with Crippen LogP contribution in [-0.4, -0.2) is 23.5 Å². The predicted octanol–water partition coefficient (Wildman–Crippen LogP) is 1.55. The maximum absolute atomic E-state index is 13.4. The van der Waals surface area contributed by atoms with Crippen LogP contribution in [0.1, 0.15) is 19.3 Å². The Balaban J connectivity index is 1.70. The Morgan fingerprint density at radius 2 is 2.39 bits per heavy atom. The Kier molecular flexibility index (Phi) is 2.99. The van der Waals surface area contributed by atoms with Crippen LogP contribution in [0.4, 0.5) is 10.1 Å². The minimum atomic E-state index is -0.494. The van der Waals surface area contributed by atoms with Crippen molar-refractivity contribution >= 4 is 11.6 Å². The molecule has 0 radical (unpaired) electrons.